The Morgan fingerprint density at radius 3 is 2.23 bits per heavy atom. The van der Waals surface area contributed by atoms with Crippen molar-refractivity contribution in [2.45, 2.75) is 43.6 Å². The largest absolute Gasteiger partial charge is 0.481 e. The molecule has 0 saturated heterocycles. The third-order valence-corrected chi connectivity index (χ3v) is 5.94. The van der Waals surface area contributed by atoms with Crippen LogP contribution < -0.4 is 11.5 Å². The highest BCUT2D eigenvalue weighted by molar-refractivity contribution is 6.42. The van der Waals surface area contributed by atoms with Crippen LogP contribution in [0.1, 0.15) is 37.7 Å². The van der Waals surface area contributed by atoms with Gasteiger partial charge in [-0.15, -0.1) is 0 Å². The highest BCUT2D eigenvalue weighted by Crippen LogP contribution is 2.49. The number of halogens is 3. The number of rotatable bonds is 8. The van der Waals surface area contributed by atoms with Crippen LogP contribution in [0, 0.1) is 5.82 Å². The summed E-state index contributed by atoms with van der Waals surface area (Å²) in [6.45, 7) is 0.604. The molecule has 9 heteroatoms. The Balaban J connectivity index is 0.000000291. The predicted octanol–water partition coefficient (Wildman–Crippen LogP) is 4.44. The number of hydrogen-bond donors (Lipinski definition) is 4. The van der Waals surface area contributed by atoms with Crippen molar-refractivity contribution in [3.63, 3.8) is 0 Å². The zero-order chi connectivity index (χ0) is 23.2. The van der Waals surface area contributed by atoms with Gasteiger partial charge in [-0.2, -0.15) is 0 Å². The molecule has 1 atom stereocenters. The molecule has 6 N–H and O–H groups in total. The van der Waals surface area contributed by atoms with E-state index in [4.69, 9.17) is 39.8 Å². The van der Waals surface area contributed by atoms with Crippen molar-refractivity contribution < 1.29 is 24.2 Å². The van der Waals surface area contributed by atoms with Crippen LogP contribution in [-0.4, -0.2) is 34.7 Å². The number of hydrogen-bond acceptors (Lipinski definition) is 4. The van der Waals surface area contributed by atoms with Crippen molar-refractivity contribution in [3.05, 3.63) is 57.8 Å². The van der Waals surface area contributed by atoms with E-state index >= 15 is 0 Å². The number of carbonyl (C=O) groups is 2. The van der Waals surface area contributed by atoms with Crippen LogP contribution in [0.15, 0.2) is 36.4 Å². The fourth-order valence-electron chi connectivity index (χ4n) is 3.09. The Hall–Kier alpha value is -2.19. The van der Waals surface area contributed by atoms with Crippen molar-refractivity contribution in [1.29, 1.82) is 0 Å². The molecule has 0 aromatic heterocycles. The van der Waals surface area contributed by atoms with Crippen molar-refractivity contribution in [3.8, 4) is 11.1 Å². The second-order valence-electron chi connectivity index (χ2n) is 7.44. The average molecular weight is 471 g/mol. The molecule has 0 heterocycles. The van der Waals surface area contributed by atoms with E-state index in [9.17, 15) is 19.1 Å². The Labute approximate surface area is 190 Å². The Kier molecular flexibility index (Phi) is 8.82. The van der Waals surface area contributed by atoms with Gasteiger partial charge in [-0.05, 0) is 61.6 Å². The third-order valence-electron chi connectivity index (χ3n) is 5.20. The topological polar surface area (TPSA) is 127 Å². The Morgan fingerprint density at radius 2 is 1.74 bits per heavy atom. The van der Waals surface area contributed by atoms with Gasteiger partial charge in [-0.1, -0.05) is 47.8 Å². The molecular weight excluding hydrogens is 446 g/mol. The summed E-state index contributed by atoms with van der Waals surface area (Å²) in [7, 11) is 0. The van der Waals surface area contributed by atoms with Crippen LogP contribution >= 0.6 is 23.2 Å². The van der Waals surface area contributed by atoms with Crippen molar-refractivity contribution in [2.24, 2.45) is 11.5 Å². The van der Waals surface area contributed by atoms with E-state index in [1.807, 2.05) is 0 Å². The fourth-order valence-corrected chi connectivity index (χ4v) is 3.39. The molecule has 0 radical (unpaired) electrons. The average Bonchev–Trinajstić information content (AvgIpc) is 3.53. The molecule has 6 nitrogen and oxygen atoms in total. The van der Waals surface area contributed by atoms with Crippen molar-refractivity contribution in [1.82, 2.24) is 0 Å². The monoisotopic (exact) mass is 470 g/mol. The van der Waals surface area contributed by atoms with E-state index in [0.717, 1.165) is 12.8 Å². The second kappa shape index (κ2) is 10.9. The van der Waals surface area contributed by atoms with Gasteiger partial charge < -0.3 is 21.7 Å². The van der Waals surface area contributed by atoms with Gasteiger partial charge >= 0.3 is 11.9 Å². The third kappa shape index (κ3) is 6.40. The van der Waals surface area contributed by atoms with Gasteiger partial charge in [0.2, 0.25) is 0 Å². The summed E-state index contributed by atoms with van der Waals surface area (Å²) in [5.41, 5.74) is 11.0. The molecule has 0 amide bonds. The highest BCUT2D eigenvalue weighted by atomic mass is 35.5. The molecule has 0 aliphatic heterocycles. The normalized spacial score (nSPS) is 14.9. The zero-order valence-corrected chi connectivity index (χ0v) is 18.3. The fraction of sp³-hybridized carbons (Fsp3) is 0.364. The minimum Gasteiger partial charge on any atom is -0.481 e. The predicted molar refractivity (Wildman–Crippen MR) is 119 cm³/mol. The first-order valence-corrected chi connectivity index (χ1v) is 10.6. The van der Waals surface area contributed by atoms with E-state index in [0.29, 0.717) is 52.5 Å². The SMILES string of the molecule is NCCCC[C@H](N)C(=O)O.O=C(O)C1(c2ccc(-c3ccc(Cl)c(Cl)c3)c(F)c2)CC1. The van der Waals surface area contributed by atoms with Crippen LogP contribution in [0.25, 0.3) is 11.1 Å². The molecule has 1 aliphatic rings. The summed E-state index contributed by atoms with van der Waals surface area (Å²) in [5, 5.41) is 18.3. The van der Waals surface area contributed by atoms with Crippen molar-refractivity contribution in [2.75, 3.05) is 6.54 Å². The summed E-state index contributed by atoms with van der Waals surface area (Å²) in [4.78, 5) is 21.4. The smallest absolute Gasteiger partial charge is 0.320 e. The van der Waals surface area contributed by atoms with E-state index in [-0.39, 0.29) is 0 Å². The molecule has 2 aromatic rings. The summed E-state index contributed by atoms with van der Waals surface area (Å²) in [5.74, 6) is -2.29. The van der Waals surface area contributed by atoms with Gasteiger partial charge in [0.25, 0.3) is 0 Å². The lowest BCUT2D eigenvalue weighted by Crippen LogP contribution is -2.29. The molecule has 1 saturated carbocycles. The maximum atomic E-state index is 14.3. The van der Waals surface area contributed by atoms with Gasteiger partial charge in [-0.3, -0.25) is 9.59 Å². The van der Waals surface area contributed by atoms with Crippen LogP contribution in [0.3, 0.4) is 0 Å². The molecule has 3 rings (SSSR count). The van der Waals surface area contributed by atoms with E-state index < -0.39 is 29.2 Å². The minimum absolute atomic E-state index is 0.349. The molecule has 0 bridgehead atoms. The van der Waals surface area contributed by atoms with Gasteiger partial charge in [0.15, 0.2) is 0 Å². The molecule has 1 aliphatic carbocycles. The van der Waals surface area contributed by atoms with Crippen LogP contribution in [0.2, 0.25) is 10.0 Å². The van der Waals surface area contributed by atoms with Gasteiger partial charge in [0.05, 0.1) is 15.5 Å². The van der Waals surface area contributed by atoms with E-state index in [1.54, 1.807) is 30.3 Å². The van der Waals surface area contributed by atoms with Crippen LogP contribution in [-0.2, 0) is 15.0 Å². The zero-order valence-electron chi connectivity index (χ0n) is 16.8. The molecule has 0 spiro atoms. The quantitative estimate of drug-likeness (QED) is 0.422. The molecular formula is C22H25Cl2FN2O4. The number of carboxylic acid groups (broad SMARTS) is 2. The lowest BCUT2D eigenvalue weighted by Gasteiger charge is -2.12. The van der Waals surface area contributed by atoms with E-state index in [2.05, 4.69) is 0 Å². The second-order valence-corrected chi connectivity index (χ2v) is 8.25. The summed E-state index contributed by atoms with van der Waals surface area (Å²) in [6.07, 6.45) is 3.26. The summed E-state index contributed by atoms with van der Waals surface area (Å²) < 4.78 is 14.3. The Bertz CT molecular complexity index is 951. The molecule has 31 heavy (non-hydrogen) atoms. The lowest BCUT2D eigenvalue weighted by atomic mass is 9.93. The maximum absolute atomic E-state index is 14.3. The maximum Gasteiger partial charge on any atom is 0.320 e. The van der Waals surface area contributed by atoms with Gasteiger partial charge in [0.1, 0.15) is 11.9 Å². The van der Waals surface area contributed by atoms with E-state index in [1.165, 1.54) is 6.07 Å². The first-order valence-electron chi connectivity index (χ1n) is 9.79. The molecule has 168 valence electrons. The summed E-state index contributed by atoms with van der Waals surface area (Å²) >= 11 is 11.8. The first-order chi connectivity index (χ1) is 14.6. The highest BCUT2D eigenvalue weighted by Gasteiger charge is 2.51. The molecule has 0 unspecified atom stereocenters. The first kappa shape index (κ1) is 25.1. The lowest BCUT2D eigenvalue weighted by molar-refractivity contribution is -0.140. The van der Waals surface area contributed by atoms with Crippen LogP contribution in [0.5, 0.6) is 0 Å². The summed E-state index contributed by atoms with van der Waals surface area (Å²) in [6, 6.07) is 8.72. The number of unbranched alkanes of at least 4 members (excludes halogenated alkanes) is 1. The van der Waals surface area contributed by atoms with Gasteiger partial charge in [-0.25, -0.2) is 4.39 Å². The standard InChI is InChI=1S/C16H11Cl2FO2.C6H14N2O2/c17-12-4-1-9(7-13(12)18)11-3-2-10(8-14(11)19)16(5-6-16)15(20)21;7-4-2-1-3-5(8)6(9)10/h1-4,7-8H,5-6H2,(H,20,21);5H,1-4,7-8H2,(H,9,10)/t;5-/m.0/s1. The molecule has 1 fully saturated rings. The Morgan fingerprint density at radius 1 is 1.06 bits per heavy atom. The number of benzene rings is 2. The van der Waals surface area contributed by atoms with Gasteiger partial charge in [0, 0.05) is 5.56 Å². The minimum atomic E-state index is -0.933. The van der Waals surface area contributed by atoms with Crippen LogP contribution in [0.4, 0.5) is 4.39 Å². The van der Waals surface area contributed by atoms with Crippen molar-refractivity contribution >= 4 is 35.1 Å². The number of aliphatic carboxylic acids is 2. The number of nitrogens with two attached hydrogens (primary N) is 2. The molecule has 2 aromatic carbocycles. The number of carboxylic acids is 2.